The number of hydrogen-bond donors (Lipinski definition) is 0. The largest absolute Gasteiger partial charge is 0.495 e. The smallest absolute Gasteiger partial charge is 0.294 e. The number of methoxy groups -OCH3 is 1. The number of rotatable bonds is 2. The summed E-state index contributed by atoms with van der Waals surface area (Å²) < 4.78 is 5.17. The van der Waals surface area contributed by atoms with E-state index in [4.69, 9.17) is 16.3 Å². The van der Waals surface area contributed by atoms with Crippen molar-refractivity contribution in [3.8, 4) is 5.75 Å². The molecule has 0 saturated carbocycles. The second-order valence-electron chi connectivity index (χ2n) is 3.80. The first-order chi connectivity index (χ1) is 8.13. The van der Waals surface area contributed by atoms with E-state index in [1.807, 2.05) is 0 Å². The number of Topliss-reactive ketones (excluding diaryl/α,β-unsaturated/α-hetero) is 1. The number of piperidine rings is 1. The molecule has 0 spiro atoms. The molecule has 5 heteroatoms. The van der Waals surface area contributed by atoms with Gasteiger partial charge in [0, 0.05) is 18.0 Å². The van der Waals surface area contributed by atoms with Crippen LogP contribution in [-0.4, -0.2) is 25.3 Å². The highest BCUT2D eigenvalue weighted by atomic mass is 35.5. The quantitative estimate of drug-likeness (QED) is 0.758. The molecule has 90 valence electrons. The topological polar surface area (TPSA) is 46.6 Å². The Labute approximate surface area is 104 Å². The van der Waals surface area contributed by atoms with E-state index in [0.717, 1.165) is 0 Å². The minimum atomic E-state index is -0.489. The molecule has 2 rings (SSSR count). The number of nitrogens with zero attached hydrogens (tertiary/aromatic N) is 1. The first-order valence-corrected chi connectivity index (χ1v) is 5.69. The monoisotopic (exact) mass is 253 g/mol. The van der Waals surface area contributed by atoms with Crippen molar-refractivity contribution in [2.45, 2.75) is 12.8 Å². The molecule has 0 bridgehead atoms. The van der Waals surface area contributed by atoms with Gasteiger partial charge in [0.2, 0.25) is 5.78 Å². The van der Waals surface area contributed by atoms with Crippen molar-refractivity contribution in [1.29, 1.82) is 0 Å². The van der Waals surface area contributed by atoms with Gasteiger partial charge < -0.3 is 9.64 Å². The third kappa shape index (κ3) is 2.26. The first kappa shape index (κ1) is 11.9. The van der Waals surface area contributed by atoms with Crippen molar-refractivity contribution in [2.24, 2.45) is 0 Å². The maximum absolute atomic E-state index is 11.8. The average Bonchev–Trinajstić information content (AvgIpc) is 2.33. The number of halogens is 1. The van der Waals surface area contributed by atoms with E-state index in [-0.39, 0.29) is 5.78 Å². The Morgan fingerprint density at radius 2 is 2.12 bits per heavy atom. The normalized spacial score (nSPS) is 16.2. The van der Waals surface area contributed by atoms with Gasteiger partial charge in [0.05, 0.1) is 12.8 Å². The van der Waals surface area contributed by atoms with Crippen LogP contribution < -0.4 is 9.64 Å². The lowest BCUT2D eigenvalue weighted by atomic mass is 10.1. The van der Waals surface area contributed by atoms with Gasteiger partial charge in [0.15, 0.2) is 0 Å². The van der Waals surface area contributed by atoms with Gasteiger partial charge in [-0.3, -0.25) is 9.59 Å². The first-order valence-electron chi connectivity index (χ1n) is 5.31. The molecule has 0 N–H and O–H groups in total. The molecule has 1 fully saturated rings. The Balaban J connectivity index is 2.41. The lowest BCUT2D eigenvalue weighted by Crippen LogP contribution is -2.41. The molecule has 0 aliphatic carbocycles. The molecule has 1 amide bonds. The number of amides is 1. The number of benzene rings is 1. The Morgan fingerprint density at radius 1 is 1.35 bits per heavy atom. The number of carbonyl (C=O) groups excluding carboxylic acids is 2. The van der Waals surface area contributed by atoms with Crippen LogP contribution in [-0.2, 0) is 9.59 Å². The van der Waals surface area contributed by atoms with Gasteiger partial charge in [-0.2, -0.15) is 0 Å². The lowest BCUT2D eigenvalue weighted by molar-refractivity contribution is -0.137. The highest BCUT2D eigenvalue weighted by molar-refractivity contribution is 6.42. The second-order valence-corrected chi connectivity index (χ2v) is 4.24. The van der Waals surface area contributed by atoms with Crippen LogP contribution in [0.3, 0.4) is 0 Å². The standard InChI is InChI=1S/C12H12ClNO3/c1-17-11-5-4-8(13)7-9(11)14-6-2-3-10(15)12(14)16/h4-5,7H,2-3,6H2,1H3. The average molecular weight is 254 g/mol. The molecule has 0 unspecified atom stereocenters. The number of carbonyl (C=O) groups is 2. The van der Waals surface area contributed by atoms with Gasteiger partial charge in [-0.15, -0.1) is 0 Å². The van der Waals surface area contributed by atoms with Crippen LogP contribution in [0.5, 0.6) is 5.75 Å². The summed E-state index contributed by atoms with van der Waals surface area (Å²) in [5, 5.41) is 0.506. The van der Waals surface area contributed by atoms with Crippen molar-refractivity contribution in [2.75, 3.05) is 18.6 Å². The number of anilines is 1. The maximum Gasteiger partial charge on any atom is 0.294 e. The van der Waals surface area contributed by atoms with E-state index in [1.165, 1.54) is 12.0 Å². The summed E-state index contributed by atoms with van der Waals surface area (Å²) in [7, 11) is 1.52. The molecule has 1 aromatic carbocycles. The van der Waals surface area contributed by atoms with Crippen LogP contribution in [0.4, 0.5) is 5.69 Å². The van der Waals surface area contributed by atoms with E-state index in [0.29, 0.717) is 35.8 Å². The maximum atomic E-state index is 11.8. The Bertz CT molecular complexity index is 473. The van der Waals surface area contributed by atoms with Gasteiger partial charge in [-0.1, -0.05) is 11.6 Å². The van der Waals surface area contributed by atoms with Crippen LogP contribution in [0, 0.1) is 0 Å². The van der Waals surface area contributed by atoms with Crippen LogP contribution in [0.2, 0.25) is 5.02 Å². The zero-order chi connectivity index (χ0) is 12.4. The third-order valence-electron chi connectivity index (χ3n) is 2.70. The van der Waals surface area contributed by atoms with E-state index in [9.17, 15) is 9.59 Å². The molecule has 1 heterocycles. The van der Waals surface area contributed by atoms with E-state index >= 15 is 0 Å². The number of ether oxygens (including phenoxy) is 1. The van der Waals surface area contributed by atoms with Gasteiger partial charge in [-0.25, -0.2) is 0 Å². The Kier molecular flexibility index (Phi) is 3.33. The predicted octanol–water partition coefficient (Wildman–Crippen LogP) is 2.04. The fourth-order valence-electron chi connectivity index (χ4n) is 1.86. The van der Waals surface area contributed by atoms with Crippen LogP contribution in [0.15, 0.2) is 18.2 Å². The Hall–Kier alpha value is -1.55. The SMILES string of the molecule is COc1ccc(Cl)cc1N1CCCC(=O)C1=O. The van der Waals surface area contributed by atoms with Crippen molar-refractivity contribution in [3.05, 3.63) is 23.2 Å². The van der Waals surface area contributed by atoms with E-state index in [1.54, 1.807) is 18.2 Å². The second kappa shape index (κ2) is 4.75. The summed E-state index contributed by atoms with van der Waals surface area (Å²) >= 11 is 5.90. The summed E-state index contributed by atoms with van der Waals surface area (Å²) in [6, 6.07) is 5.00. The lowest BCUT2D eigenvalue weighted by Gasteiger charge is -2.27. The fraction of sp³-hybridized carbons (Fsp3) is 0.333. The molecule has 0 atom stereocenters. The van der Waals surface area contributed by atoms with Crippen molar-refractivity contribution in [1.82, 2.24) is 0 Å². The molecule has 1 aliphatic heterocycles. The summed E-state index contributed by atoms with van der Waals surface area (Å²) in [4.78, 5) is 24.6. The number of ketones is 1. The molecule has 1 saturated heterocycles. The van der Waals surface area contributed by atoms with Crippen molar-refractivity contribution >= 4 is 29.0 Å². The van der Waals surface area contributed by atoms with Gasteiger partial charge in [-0.05, 0) is 24.6 Å². The highest BCUT2D eigenvalue weighted by Gasteiger charge is 2.29. The Morgan fingerprint density at radius 3 is 2.82 bits per heavy atom. The molecule has 1 aliphatic rings. The molecular formula is C12H12ClNO3. The zero-order valence-corrected chi connectivity index (χ0v) is 10.2. The van der Waals surface area contributed by atoms with Crippen molar-refractivity contribution < 1.29 is 14.3 Å². The van der Waals surface area contributed by atoms with E-state index in [2.05, 4.69) is 0 Å². The minimum absolute atomic E-state index is 0.318. The highest BCUT2D eigenvalue weighted by Crippen LogP contribution is 2.32. The molecule has 1 aromatic rings. The molecular weight excluding hydrogens is 242 g/mol. The summed E-state index contributed by atoms with van der Waals surface area (Å²) in [6.45, 7) is 0.515. The van der Waals surface area contributed by atoms with E-state index < -0.39 is 5.91 Å². The molecule has 0 aromatic heterocycles. The summed E-state index contributed by atoms with van der Waals surface area (Å²) in [5.41, 5.74) is 0.554. The van der Waals surface area contributed by atoms with Crippen LogP contribution in [0.1, 0.15) is 12.8 Å². The third-order valence-corrected chi connectivity index (χ3v) is 2.94. The van der Waals surface area contributed by atoms with Crippen LogP contribution in [0.25, 0.3) is 0 Å². The molecule has 4 nitrogen and oxygen atoms in total. The van der Waals surface area contributed by atoms with Gasteiger partial charge in [0.1, 0.15) is 5.75 Å². The summed E-state index contributed by atoms with van der Waals surface area (Å²) in [5.74, 6) is -0.312. The molecule has 0 radical (unpaired) electrons. The minimum Gasteiger partial charge on any atom is -0.495 e. The summed E-state index contributed by atoms with van der Waals surface area (Å²) in [6.07, 6.45) is 0.985. The zero-order valence-electron chi connectivity index (χ0n) is 9.40. The van der Waals surface area contributed by atoms with Crippen molar-refractivity contribution in [3.63, 3.8) is 0 Å². The van der Waals surface area contributed by atoms with Gasteiger partial charge >= 0.3 is 0 Å². The molecule has 17 heavy (non-hydrogen) atoms. The van der Waals surface area contributed by atoms with Gasteiger partial charge in [0.25, 0.3) is 5.91 Å². The predicted molar refractivity (Wildman–Crippen MR) is 64.6 cm³/mol. The van der Waals surface area contributed by atoms with Crippen LogP contribution >= 0.6 is 11.6 Å². The number of hydrogen-bond acceptors (Lipinski definition) is 3. The fourth-order valence-corrected chi connectivity index (χ4v) is 2.03.